The molecule has 0 spiro atoms. The Hall–Kier alpha value is -1.16. The fraction of sp³-hybridized carbons (Fsp3) is 0.429. The zero-order valence-corrected chi connectivity index (χ0v) is 6.32. The van der Waals surface area contributed by atoms with Crippen molar-refractivity contribution in [3.05, 3.63) is 18.0 Å². The van der Waals surface area contributed by atoms with Crippen LogP contribution in [-0.4, -0.2) is 21.7 Å². The summed E-state index contributed by atoms with van der Waals surface area (Å²) in [7, 11) is 0. The first-order valence-electron chi connectivity index (χ1n) is 3.41. The second-order valence-corrected chi connectivity index (χ2v) is 1.97. The van der Waals surface area contributed by atoms with E-state index < -0.39 is 0 Å². The largest absolute Gasteiger partial charge is 0.464 e. The van der Waals surface area contributed by atoms with Gasteiger partial charge in [-0.15, -0.1) is 0 Å². The van der Waals surface area contributed by atoms with Gasteiger partial charge >= 0.3 is 6.01 Å². The van der Waals surface area contributed by atoms with Crippen LogP contribution in [0.25, 0.3) is 0 Å². The van der Waals surface area contributed by atoms with E-state index in [0.29, 0.717) is 18.2 Å². The summed E-state index contributed by atoms with van der Waals surface area (Å²) in [4.78, 5) is 7.69. The van der Waals surface area contributed by atoms with Crippen LogP contribution in [0.1, 0.15) is 12.5 Å². The van der Waals surface area contributed by atoms with Crippen molar-refractivity contribution in [3.8, 4) is 6.01 Å². The molecule has 1 aromatic heterocycles. The highest BCUT2D eigenvalue weighted by atomic mass is 16.5. The van der Waals surface area contributed by atoms with Gasteiger partial charge in [0.25, 0.3) is 0 Å². The molecular weight excluding hydrogens is 144 g/mol. The molecule has 0 atom stereocenters. The van der Waals surface area contributed by atoms with Gasteiger partial charge in [-0.3, -0.25) is 0 Å². The van der Waals surface area contributed by atoms with Crippen molar-refractivity contribution in [2.45, 2.75) is 13.5 Å². The summed E-state index contributed by atoms with van der Waals surface area (Å²) in [6, 6.07) is 0.352. The maximum Gasteiger partial charge on any atom is 0.316 e. The molecular formula is C7H10N2O2. The molecule has 1 heterocycles. The monoisotopic (exact) mass is 154 g/mol. The molecule has 0 fully saturated rings. The molecule has 0 aliphatic heterocycles. The minimum absolute atomic E-state index is 0.0353. The average Bonchev–Trinajstić information content (AvgIpc) is 2.07. The van der Waals surface area contributed by atoms with E-state index in [4.69, 9.17) is 9.84 Å². The van der Waals surface area contributed by atoms with Crippen LogP contribution < -0.4 is 4.74 Å². The van der Waals surface area contributed by atoms with Gasteiger partial charge in [-0.25, -0.2) is 9.97 Å². The van der Waals surface area contributed by atoms with Gasteiger partial charge < -0.3 is 9.84 Å². The summed E-state index contributed by atoms with van der Waals surface area (Å²) in [6.07, 6.45) is 3.08. The van der Waals surface area contributed by atoms with Gasteiger partial charge in [0.1, 0.15) is 0 Å². The molecule has 0 aliphatic carbocycles. The van der Waals surface area contributed by atoms with E-state index in [1.165, 1.54) is 12.4 Å². The second kappa shape index (κ2) is 3.88. The third-order valence-corrected chi connectivity index (χ3v) is 1.14. The Kier molecular flexibility index (Phi) is 2.80. The second-order valence-electron chi connectivity index (χ2n) is 1.97. The van der Waals surface area contributed by atoms with E-state index in [9.17, 15) is 0 Å². The lowest BCUT2D eigenvalue weighted by Gasteiger charge is -1.99. The first kappa shape index (κ1) is 7.94. The van der Waals surface area contributed by atoms with Gasteiger partial charge in [0.15, 0.2) is 0 Å². The number of hydrogen-bond acceptors (Lipinski definition) is 4. The van der Waals surface area contributed by atoms with Crippen molar-refractivity contribution in [1.29, 1.82) is 0 Å². The number of nitrogens with zero attached hydrogens (tertiary/aromatic N) is 2. The number of ether oxygens (including phenoxy) is 1. The van der Waals surface area contributed by atoms with Crippen molar-refractivity contribution in [1.82, 2.24) is 9.97 Å². The Morgan fingerprint density at radius 1 is 1.45 bits per heavy atom. The first-order chi connectivity index (χ1) is 5.36. The quantitative estimate of drug-likeness (QED) is 0.683. The standard InChI is InChI=1S/C7H10N2O2/c1-2-11-7-8-3-6(5-10)4-9-7/h3-4,10H,2,5H2,1H3. The van der Waals surface area contributed by atoms with Crippen molar-refractivity contribution in [2.75, 3.05) is 6.61 Å². The van der Waals surface area contributed by atoms with E-state index in [2.05, 4.69) is 9.97 Å². The summed E-state index contributed by atoms with van der Waals surface area (Å²) in [5.41, 5.74) is 0.688. The van der Waals surface area contributed by atoms with Crippen LogP contribution in [0, 0.1) is 0 Å². The highest BCUT2D eigenvalue weighted by Gasteiger charge is 1.94. The summed E-state index contributed by atoms with van der Waals surface area (Å²) in [5, 5.41) is 8.64. The van der Waals surface area contributed by atoms with Crippen molar-refractivity contribution >= 4 is 0 Å². The fourth-order valence-corrected chi connectivity index (χ4v) is 0.628. The van der Waals surface area contributed by atoms with Crippen molar-refractivity contribution < 1.29 is 9.84 Å². The molecule has 0 amide bonds. The highest BCUT2D eigenvalue weighted by Crippen LogP contribution is 2.01. The molecule has 0 bridgehead atoms. The predicted octanol–water partition coefficient (Wildman–Crippen LogP) is 0.368. The third-order valence-electron chi connectivity index (χ3n) is 1.14. The zero-order valence-electron chi connectivity index (χ0n) is 6.32. The Balaban J connectivity index is 2.66. The van der Waals surface area contributed by atoms with Crippen molar-refractivity contribution in [3.63, 3.8) is 0 Å². The lowest BCUT2D eigenvalue weighted by Crippen LogP contribution is -1.97. The molecule has 0 unspecified atom stereocenters. The van der Waals surface area contributed by atoms with E-state index in [1.54, 1.807) is 0 Å². The van der Waals surface area contributed by atoms with E-state index in [1.807, 2.05) is 6.92 Å². The Bertz CT molecular complexity index is 210. The molecule has 1 rings (SSSR count). The van der Waals surface area contributed by atoms with E-state index in [-0.39, 0.29) is 6.61 Å². The van der Waals surface area contributed by atoms with Crippen LogP contribution in [0.2, 0.25) is 0 Å². The molecule has 60 valence electrons. The summed E-state index contributed by atoms with van der Waals surface area (Å²) >= 11 is 0. The van der Waals surface area contributed by atoms with Crippen LogP contribution in [0.4, 0.5) is 0 Å². The van der Waals surface area contributed by atoms with Crippen LogP contribution >= 0.6 is 0 Å². The number of aliphatic hydroxyl groups is 1. The predicted molar refractivity (Wildman–Crippen MR) is 39.1 cm³/mol. The van der Waals surface area contributed by atoms with Crippen LogP contribution in [0.5, 0.6) is 6.01 Å². The number of hydrogen-bond donors (Lipinski definition) is 1. The average molecular weight is 154 g/mol. The maximum atomic E-state index is 8.64. The number of rotatable bonds is 3. The van der Waals surface area contributed by atoms with Gasteiger partial charge in [0.2, 0.25) is 0 Å². The highest BCUT2D eigenvalue weighted by molar-refractivity contribution is 5.05. The minimum atomic E-state index is -0.0353. The summed E-state index contributed by atoms with van der Waals surface area (Å²) < 4.78 is 5.00. The summed E-state index contributed by atoms with van der Waals surface area (Å²) in [5.74, 6) is 0. The molecule has 0 saturated carbocycles. The van der Waals surface area contributed by atoms with Crippen LogP contribution in [0.3, 0.4) is 0 Å². The molecule has 0 aliphatic rings. The lowest BCUT2D eigenvalue weighted by atomic mass is 10.4. The van der Waals surface area contributed by atoms with E-state index in [0.717, 1.165) is 0 Å². The first-order valence-corrected chi connectivity index (χ1v) is 3.41. The molecule has 0 radical (unpaired) electrons. The molecule has 1 aromatic rings. The smallest absolute Gasteiger partial charge is 0.316 e. The Morgan fingerprint density at radius 3 is 2.55 bits per heavy atom. The topological polar surface area (TPSA) is 55.2 Å². The third kappa shape index (κ3) is 2.16. The van der Waals surface area contributed by atoms with Gasteiger partial charge in [-0.2, -0.15) is 0 Å². The van der Waals surface area contributed by atoms with Crippen LogP contribution in [-0.2, 0) is 6.61 Å². The van der Waals surface area contributed by atoms with Gasteiger partial charge in [0, 0.05) is 18.0 Å². The molecule has 11 heavy (non-hydrogen) atoms. The molecule has 4 heteroatoms. The Morgan fingerprint density at radius 2 is 2.09 bits per heavy atom. The molecule has 0 aromatic carbocycles. The SMILES string of the molecule is CCOc1ncc(CO)cn1. The van der Waals surface area contributed by atoms with E-state index >= 15 is 0 Å². The molecule has 1 N–H and O–H groups in total. The lowest BCUT2D eigenvalue weighted by molar-refractivity contribution is 0.278. The summed E-state index contributed by atoms with van der Waals surface area (Å²) in [6.45, 7) is 2.38. The minimum Gasteiger partial charge on any atom is -0.464 e. The molecule has 4 nitrogen and oxygen atoms in total. The van der Waals surface area contributed by atoms with Gasteiger partial charge in [-0.1, -0.05) is 0 Å². The zero-order chi connectivity index (χ0) is 8.10. The van der Waals surface area contributed by atoms with Gasteiger partial charge in [0.05, 0.1) is 13.2 Å². The normalized spacial score (nSPS) is 9.64. The Labute approximate surface area is 64.9 Å². The number of aromatic nitrogens is 2. The van der Waals surface area contributed by atoms with Gasteiger partial charge in [-0.05, 0) is 6.92 Å². The van der Waals surface area contributed by atoms with Crippen LogP contribution in [0.15, 0.2) is 12.4 Å². The molecule has 0 saturated heterocycles. The number of aliphatic hydroxyl groups excluding tert-OH is 1. The van der Waals surface area contributed by atoms with Crippen molar-refractivity contribution in [2.24, 2.45) is 0 Å². The fourth-order valence-electron chi connectivity index (χ4n) is 0.628. The maximum absolute atomic E-state index is 8.64.